The lowest BCUT2D eigenvalue weighted by molar-refractivity contribution is -0.124. The van der Waals surface area contributed by atoms with Gasteiger partial charge in [-0.2, -0.15) is 0 Å². The third-order valence-electron chi connectivity index (χ3n) is 6.76. The van der Waals surface area contributed by atoms with E-state index in [1.54, 1.807) is 11.6 Å². The minimum absolute atomic E-state index is 0.136. The molecule has 1 heterocycles. The third-order valence-corrected chi connectivity index (χ3v) is 6.76. The van der Waals surface area contributed by atoms with Crippen LogP contribution in [0, 0.1) is 6.92 Å². The Balaban J connectivity index is 1.53. The third kappa shape index (κ3) is 4.35. The number of aryl methyl sites for hydroxylation is 2. The van der Waals surface area contributed by atoms with Gasteiger partial charge >= 0.3 is 0 Å². The van der Waals surface area contributed by atoms with Gasteiger partial charge in [0.25, 0.3) is 5.91 Å². The van der Waals surface area contributed by atoms with Crippen molar-refractivity contribution in [1.82, 2.24) is 14.9 Å². The van der Waals surface area contributed by atoms with Gasteiger partial charge in [-0.25, -0.2) is 5.48 Å². The highest BCUT2D eigenvalue weighted by molar-refractivity contribution is 5.90. The summed E-state index contributed by atoms with van der Waals surface area (Å²) in [6, 6.07) is 15.1. The number of aliphatic hydroxyl groups excluding tert-OH is 1. The fourth-order valence-corrected chi connectivity index (χ4v) is 5.03. The van der Waals surface area contributed by atoms with E-state index < -0.39 is 5.91 Å². The first-order valence-corrected chi connectivity index (χ1v) is 11.2. The number of hydroxylamine groups is 1. The van der Waals surface area contributed by atoms with E-state index in [9.17, 15) is 9.90 Å². The number of carbonyl (C=O) groups is 1. The number of nitrogens with one attached hydrogen (secondary N) is 1. The molecule has 3 N–H and O–H groups in total. The number of benzene rings is 2. The van der Waals surface area contributed by atoms with E-state index in [4.69, 9.17) is 5.21 Å². The van der Waals surface area contributed by atoms with Crippen molar-refractivity contribution < 1.29 is 15.1 Å². The van der Waals surface area contributed by atoms with Gasteiger partial charge in [-0.15, -0.1) is 0 Å². The molecule has 1 unspecified atom stereocenters. The summed E-state index contributed by atoms with van der Waals surface area (Å²) < 4.78 is 2.26. The predicted molar refractivity (Wildman–Crippen MR) is 126 cm³/mol. The van der Waals surface area contributed by atoms with Gasteiger partial charge in [0.15, 0.2) is 0 Å². The molecule has 1 atom stereocenters. The molecular formula is C26H31N3O3. The summed E-state index contributed by atoms with van der Waals surface area (Å²) in [5.41, 5.74) is 9.07. The van der Waals surface area contributed by atoms with Crippen molar-refractivity contribution in [3.05, 3.63) is 76.5 Å². The first kappa shape index (κ1) is 22.3. The van der Waals surface area contributed by atoms with Crippen molar-refractivity contribution in [2.24, 2.45) is 7.05 Å². The van der Waals surface area contributed by atoms with E-state index >= 15 is 0 Å². The average Bonchev–Trinajstić information content (AvgIpc) is 3.34. The molecular weight excluding hydrogens is 402 g/mol. The van der Waals surface area contributed by atoms with Crippen molar-refractivity contribution in [2.45, 2.75) is 32.2 Å². The Labute approximate surface area is 188 Å². The van der Waals surface area contributed by atoms with Crippen LogP contribution in [0.4, 0.5) is 0 Å². The van der Waals surface area contributed by atoms with Gasteiger partial charge in [0, 0.05) is 48.9 Å². The van der Waals surface area contributed by atoms with Crippen molar-refractivity contribution >= 4 is 22.9 Å². The number of nitrogens with zero attached hydrogens (tertiary/aromatic N) is 2. The minimum Gasteiger partial charge on any atom is -0.395 e. The number of hydrogen-bond donors (Lipinski definition) is 3. The highest BCUT2D eigenvalue weighted by atomic mass is 16.5. The molecule has 0 aliphatic heterocycles. The van der Waals surface area contributed by atoms with E-state index in [2.05, 4.69) is 59.8 Å². The molecule has 0 spiro atoms. The van der Waals surface area contributed by atoms with Crippen molar-refractivity contribution in [3.63, 3.8) is 0 Å². The second-order valence-corrected chi connectivity index (χ2v) is 8.47. The number of para-hydroxylation sites is 1. The Morgan fingerprint density at radius 1 is 1.25 bits per heavy atom. The first-order valence-electron chi connectivity index (χ1n) is 11.2. The van der Waals surface area contributed by atoms with Gasteiger partial charge in [-0.1, -0.05) is 36.4 Å². The molecule has 3 aromatic rings. The van der Waals surface area contributed by atoms with Crippen LogP contribution >= 0.6 is 0 Å². The number of carbonyl (C=O) groups excluding carboxylic acids is 1. The molecule has 2 aromatic carbocycles. The summed E-state index contributed by atoms with van der Waals surface area (Å²) in [5, 5.41) is 19.7. The van der Waals surface area contributed by atoms with Gasteiger partial charge in [-0.05, 0) is 60.6 Å². The summed E-state index contributed by atoms with van der Waals surface area (Å²) in [4.78, 5) is 13.7. The van der Waals surface area contributed by atoms with Crippen LogP contribution in [-0.4, -0.2) is 45.4 Å². The zero-order valence-electron chi connectivity index (χ0n) is 18.7. The molecule has 32 heavy (non-hydrogen) atoms. The van der Waals surface area contributed by atoms with Crippen LogP contribution in [0.15, 0.2) is 48.5 Å². The van der Waals surface area contributed by atoms with E-state index in [0.29, 0.717) is 6.54 Å². The molecule has 0 radical (unpaired) electrons. The van der Waals surface area contributed by atoms with Gasteiger partial charge in [-0.3, -0.25) is 14.9 Å². The van der Waals surface area contributed by atoms with Crippen LogP contribution in [0.2, 0.25) is 0 Å². The summed E-state index contributed by atoms with van der Waals surface area (Å²) in [6.07, 6.45) is 5.96. The SMILES string of the molecule is Cc1c(CCN(CCO)C2CCc3cc(C=CC(=O)NO)ccc32)c2ccccc2n1C. The number of aromatic nitrogens is 1. The molecule has 0 saturated heterocycles. The number of aliphatic hydroxyl groups is 1. The van der Waals surface area contributed by atoms with Gasteiger partial charge in [0.2, 0.25) is 0 Å². The summed E-state index contributed by atoms with van der Waals surface area (Å²) in [5.74, 6) is -0.541. The smallest absolute Gasteiger partial charge is 0.267 e. The number of rotatable bonds is 8. The fourth-order valence-electron chi connectivity index (χ4n) is 5.03. The standard InChI is InChI=1S/C26H31N3O3/c1-18-21(23-5-3-4-6-24(23)28(18)2)13-14-29(15-16-30)25-11-9-20-17-19(7-10-22(20)25)8-12-26(31)27-32/h3-8,10,12,17,25,30,32H,9,11,13-16H2,1-2H3,(H,27,31). The van der Waals surface area contributed by atoms with E-state index in [1.165, 1.54) is 39.4 Å². The van der Waals surface area contributed by atoms with Gasteiger partial charge in [0.05, 0.1) is 6.61 Å². The Bertz CT molecular complexity index is 1150. The maximum absolute atomic E-state index is 11.2. The minimum atomic E-state index is -0.541. The lowest BCUT2D eigenvalue weighted by Crippen LogP contribution is -2.32. The van der Waals surface area contributed by atoms with Crippen molar-refractivity contribution in [2.75, 3.05) is 19.7 Å². The van der Waals surface area contributed by atoms with Crippen LogP contribution < -0.4 is 5.48 Å². The Kier molecular flexibility index (Phi) is 6.74. The predicted octanol–water partition coefficient (Wildman–Crippen LogP) is 3.53. The molecule has 1 aliphatic carbocycles. The highest BCUT2D eigenvalue weighted by Gasteiger charge is 2.28. The molecule has 0 bridgehead atoms. The number of hydrogen-bond acceptors (Lipinski definition) is 4. The van der Waals surface area contributed by atoms with E-state index in [-0.39, 0.29) is 12.6 Å². The fraction of sp³-hybridized carbons (Fsp3) is 0.346. The van der Waals surface area contributed by atoms with Crippen LogP contribution in [0.3, 0.4) is 0 Å². The maximum atomic E-state index is 11.2. The van der Waals surface area contributed by atoms with Crippen LogP contribution in [0.25, 0.3) is 17.0 Å². The van der Waals surface area contributed by atoms with Crippen molar-refractivity contribution in [3.8, 4) is 0 Å². The topological polar surface area (TPSA) is 77.7 Å². The highest BCUT2D eigenvalue weighted by Crippen LogP contribution is 2.37. The lowest BCUT2D eigenvalue weighted by atomic mass is 10.0. The molecule has 168 valence electrons. The largest absolute Gasteiger partial charge is 0.395 e. The average molecular weight is 434 g/mol. The van der Waals surface area contributed by atoms with E-state index in [1.807, 2.05) is 6.07 Å². The van der Waals surface area contributed by atoms with Crippen molar-refractivity contribution in [1.29, 1.82) is 0 Å². The number of amides is 1. The van der Waals surface area contributed by atoms with Crippen LogP contribution in [-0.2, 0) is 24.7 Å². The Hall–Kier alpha value is -2.93. The molecule has 6 heteroatoms. The summed E-state index contributed by atoms with van der Waals surface area (Å²) >= 11 is 0. The quantitative estimate of drug-likeness (QED) is 0.289. The Morgan fingerprint density at radius 3 is 2.84 bits per heavy atom. The second kappa shape index (κ2) is 9.69. The molecule has 6 nitrogen and oxygen atoms in total. The second-order valence-electron chi connectivity index (χ2n) is 8.47. The molecule has 1 aliphatic rings. The molecule has 0 saturated carbocycles. The first-order chi connectivity index (χ1) is 15.5. The normalized spacial score (nSPS) is 15.7. The lowest BCUT2D eigenvalue weighted by Gasteiger charge is -2.29. The Morgan fingerprint density at radius 2 is 2.06 bits per heavy atom. The van der Waals surface area contributed by atoms with Gasteiger partial charge < -0.3 is 9.67 Å². The zero-order chi connectivity index (χ0) is 22.7. The molecule has 1 amide bonds. The monoisotopic (exact) mass is 433 g/mol. The molecule has 0 fully saturated rings. The van der Waals surface area contributed by atoms with Crippen LogP contribution in [0.5, 0.6) is 0 Å². The summed E-state index contributed by atoms with van der Waals surface area (Å²) in [6.45, 7) is 3.85. The molecule has 4 rings (SSSR count). The maximum Gasteiger partial charge on any atom is 0.267 e. The zero-order valence-corrected chi connectivity index (χ0v) is 18.7. The number of fused-ring (bicyclic) bond motifs is 2. The van der Waals surface area contributed by atoms with E-state index in [0.717, 1.165) is 31.4 Å². The van der Waals surface area contributed by atoms with Crippen LogP contribution in [0.1, 0.15) is 40.4 Å². The summed E-state index contributed by atoms with van der Waals surface area (Å²) in [7, 11) is 2.12. The van der Waals surface area contributed by atoms with Gasteiger partial charge in [0.1, 0.15) is 0 Å². The molecule has 1 aromatic heterocycles.